The van der Waals surface area contributed by atoms with Crippen molar-refractivity contribution in [3.05, 3.63) is 29.3 Å². The van der Waals surface area contributed by atoms with E-state index in [1.54, 1.807) is 6.07 Å². The van der Waals surface area contributed by atoms with Gasteiger partial charge in [-0.15, -0.1) is 0 Å². The number of aliphatic carboxylic acids is 1. The molecule has 0 atom stereocenters. The van der Waals surface area contributed by atoms with Crippen molar-refractivity contribution in [1.82, 2.24) is 0 Å². The zero-order valence-corrected chi connectivity index (χ0v) is 7.51. The minimum atomic E-state index is -1.16. The molecule has 0 aliphatic heterocycles. The largest absolute Gasteiger partial charge is 0.504 e. The van der Waals surface area contributed by atoms with Crippen LogP contribution in [0.4, 0.5) is 0 Å². The number of carboxylic acids is 1. The van der Waals surface area contributed by atoms with Gasteiger partial charge >= 0.3 is 5.97 Å². The predicted molar refractivity (Wildman–Crippen MR) is 51.2 cm³/mol. The van der Waals surface area contributed by atoms with Crippen LogP contribution in [-0.4, -0.2) is 21.3 Å². The number of nitriles is 1. The van der Waals surface area contributed by atoms with Gasteiger partial charge in [0, 0.05) is 6.08 Å². The van der Waals surface area contributed by atoms with Crippen molar-refractivity contribution in [2.24, 2.45) is 0 Å². The Labute approximate surface area is 85.1 Å². The van der Waals surface area contributed by atoms with E-state index in [4.69, 9.17) is 15.5 Å². The molecule has 0 saturated carbocycles. The minimum absolute atomic E-state index is 0.160. The van der Waals surface area contributed by atoms with Crippen molar-refractivity contribution in [2.75, 3.05) is 0 Å². The second kappa shape index (κ2) is 4.15. The summed E-state index contributed by atoms with van der Waals surface area (Å²) in [5.74, 6) is -2.13. The lowest BCUT2D eigenvalue weighted by atomic mass is 10.1. The highest BCUT2D eigenvalue weighted by molar-refractivity contribution is 5.86. The van der Waals surface area contributed by atoms with Crippen LogP contribution in [-0.2, 0) is 4.79 Å². The molecule has 0 amide bonds. The first-order valence-electron chi connectivity index (χ1n) is 3.92. The lowest BCUT2D eigenvalue weighted by Gasteiger charge is -2.02. The van der Waals surface area contributed by atoms with Crippen molar-refractivity contribution in [3.63, 3.8) is 0 Å². The fraction of sp³-hybridized carbons (Fsp3) is 0. The van der Waals surface area contributed by atoms with Gasteiger partial charge in [0.25, 0.3) is 0 Å². The molecule has 76 valence electrons. The summed E-state index contributed by atoms with van der Waals surface area (Å²) in [6.07, 6.45) is 2.01. The summed E-state index contributed by atoms with van der Waals surface area (Å²) >= 11 is 0. The van der Waals surface area contributed by atoms with Gasteiger partial charge in [0.05, 0.1) is 0 Å². The van der Waals surface area contributed by atoms with Crippen LogP contribution in [0, 0.1) is 11.3 Å². The number of phenols is 2. The molecule has 15 heavy (non-hydrogen) atoms. The Morgan fingerprint density at radius 1 is 1.40 bits per heavy atom. The molecule has 0 bridgehead atoms. The number of carboxylic acid groups (broad SMARTS) is 1. The number of phenolic OH excluding ortho intramolecular Hbond substituents is 2. The van der Waals surface area contributed by atoms with Crippen LogP contribution < -0.4 is 0 Å². The summed E-state index contributed by atoms with van der Waals surface area (Å²) in [6.45, 7) is 0. The van der Waals surface area contributed by atoms with Crippen molar-refractivity contribution in [1.29, 1.82) is 5.26 Å². The van der Waals surface area contributed by atoms with Gasteiger partial charge in [-0.2, -0.15) is 5.26 Å². The van der Waals surface area contributed by atoms with Crippen LogP contribution in [0.15, 0.2) is 18.2 Å². The Bertz CT molecular complexity index is 471. The first kappa shape index (κ1) is 10.6. The third-order valence-electron chi connectivity index (χ3n) is 1.71. The van der Waals surface area contributed by atoms with Gasteiger partial charge in [0.15, 0.2) is 11.5 Å². The first-order valence-corrected chi connectivity index (χ1v) is 3.92. The summed E-state index contributed by atoms with van der Waals surface area (Å²) in [6, 6.07) is 4.19. The number of aromatic hydroxyl groups is 2. The maximum atomic E-state index is 10.2. The summed E-state index contributed by atoms with van der Waals surface area (Å²) in [4.78, 5) is 10.2. The molecular weight excluding hydrogens is 198 g/mol. The lowest BCUT2D eigenvalue weighted by molar-refractivity contribution is -0.131. The summed E-state index contributed by atoms with van der Waals surface area (Å²) in [7, 11) is 0. The van der Waals surface area contributed by atoms with Crippen molar-refractivity contribution < 1.29 is 20.1 Å². The van der Waals surface area contributed by atoms with Gasteiger partial charge in [-0.1, -0.05) is 0 Å². The van der Waals surface area contributed by atoms with Crippen molar-refractivity contribution >= 4 is 12.0 Å². The predicted octanol–water partition coefficient (Wildman–Crippen LogP) is 1.07. The molecule has 0 spiro atoms. The van der Waals surface area contributed by atoms with Gasteiger partial charge in [-0.3, -0.25) is 0 Å². The second-order valence-electron chi connectivity index (χ2n) is 2.68. The third kappa shape index (κ3) is 2.25. The van der Waals surface area contributed by atoms with E-state index in [0.29, 0.717) is 0 Å². The van der Waals surface area contributed by atoms with Crippen LogP contribution in [0.1, 0.15) is 11.1 Å². The van der Waals surface area contributed by atoms with E-state index in [-0.39, 0.29) is 11.1 Å². The van der Waals surface area contributed by atoms with Gasteiger partial charge in [0.1, 0.15) is 11.6 Å². The number of hydrogen-bond acceptors (Lipinski definition) is 4. The highest BCUT2D eigenvalue weighted by Gasteiger charge is 2.09. The molecule has 1 rings (SSSR count). The molecular formula is C10H7NO4. The van der Waals surface area contributed by atoms with Crippen LogP contribution in [0.2, 0.25) is 0 Å². The molecule has 0 radical (unpaired) electrons. The van der Waals surface area contributed by atoms with E-state index >= 15 is 0 Å². The average Bonchev–Trinajstić information content (AvgIpc) is 2.19. The van der Waals surface area contributed by atoms with Crippen LogP contribution in [0.5, 0.6) is 11.5 Å². The van der Waals surface area contributed by atoms with Crippen molar-refractivity contribution in [2.45, 2.75) is 0 Å². The van der Waals surface area contributed by atoms with Gasteiger partial charge < -0.3 is 15.3 Å². The molecule has 0 saturated heterocycles. The molecule has 0 aromatic heterocycles. The number of nitrogens with zero attached hydrogens (tertiary/aromatic N) is 1. The Morgan fingerprint density at radius 2 is 2.07 bits per heavy atom. The van der Waals surface area contributed by atoms with Gasteiger partial charge in [-0.05, 0) is 23.8 Å². The standard InChI is InChI=1S/C10H7NO4/c11-5-7-6(2-4-9(13)14)1-3-8(12)10(7)15/h1-4,12,15H,(H,13,14)/b4-2+. The Kier molecular flexibility index (Phi) is 2.94. The van der Waals surface area contributed by atoms with E-state index in [0.717, 1.165) is 6.08 Å². The molecule has 1 aromatic rings. The lowest BCUT2D eigenvalue weighted by Crippen LogP contribution is -1.88. The SMILES string of the molecule is N#Cc1c(/C=C/C(=O)O)ccc(O)c1O. The van der Waals surface area contributed by atoms with Gasteiger partial charge in [0.2, 0.25) is 0 Å². The summed E-state index contributed by atoms with van der Waals surface area (Å²) in [5, 5.41) is 35.4. The molecule has 5 nitrogen and oxygen atoms in total. The molecule has 5 heteroatoms. The van der Waals surface area contributed by atoms with Crippen LogP contribution in [0.25, 0.3) is 6.08 Å². The molecule has 0 aliphatic rings. The van der Waals surface area contributed by atoms with Crippen LogP contribution >= 0.6 is 0 Å². The number of carbonyl (C=O) groups is 1. The van der Waals surface area contributed by atoms with Crippen molar-refractivity contribution in [3.8, 4) is 17.6 Å². The molecule has 0 unspecified atom stereocenters. The smallest absolute Gasteiger partial charge is 0.328 e. The zero-order valence-electron chi connectivity index (χ0n) is 7.51. The summed E-state index contributed by atoms with van der Waals surface area (Å²) in [5.41, 5.74) is 0.0719. The monoisotopic (exact) mass is 205 g/mol. The zero-order chi connectivity index (χ0) is 11.4. The van der Waals surface area contributed by atoms with E-state index in [2.05, 4.69) is 0 Å². The number of hydrogen-bond donors (Lipinski definition) is 3. The normalized spacial score (nSPS) is 10.1. The van der Waals surface area contributed by atoms with Gasteiger partial charge in [-0.25, -0.2) is 4.79 Å². The molecule has 0 aliphatic carbocycles. The number of rotatable bonds is 2. The Morgan fingerprint density at radius 3 is 2.60 bits per heavy atom. The highest BCUT2D eigenvalue weighted by Crippen LogP contribution is 2.31. The topological polar surface area (TPSA) is 102 Å². The molecule has 1 aromatic carbocycles. The molecule has 3 N–H and O–H groups in total. The van der Waals surface area contributed by atoms with E-state index in [1.807, 2.05) is 0 Å². The second-order valence-corrected chi connectivity index (χ2v) is 2.68. The average molecular weight is 205 g/mol. The number of benzene rings is 1. The quantitative estimate of drug-likeness (QED) is 0.495. The fourth-order valence-electron chi connectivity index (χ4n) is 1.01. The summed E-state index contributed by atoms with van der Waals surface area (Å²) < 4.78 is 0. The van der Waals surface area contributed by atoms with Crippen LogP contribution in [0.3, 0.4) is 0 Å². The Hall–Kier alpha value is -2.48. The Balaban J connectivity index is 3.27. The van der Waals surface area contributed by atoms with E-state index in [9.17, 15) is 9.90 Å². The fourth-order valence-corrected chi connectivity index (χ4v) is 1.01. The molecule has 0 heterocycles. The highest BCUT2D eigenvalue weighted by atomic mass is 16.4. The first-order chi connectivity index (χ1) is 7.06. The third-order valence-corrected chi connectivity index (χ3v) is 1.71. The molecule has 0 fully saturated rings. The van der Waals surface area contributed by atoms with E-state index in [1.165, 1.54) is 18.2 Å². The van der Waals surface area contributed by atoms with E-state index < -0.39 is 17.5 Å². The maximum Gasteiger partial charge on any atom is 0.328 e. The minimum Gasteiger partial charge on any atom is -0.504 e. The maximum absolute atomic E-state index is 10.2.